The van der Waals surface area contributed by atoms with Gasteiger partial charge in [0.25, 0.3) is 5.91 Å². The third-order valence-electron chi connectivity index (χ3n) is 3.74. The molecule has 0 bridgehead atoms. The topological polar surface area (TPSA) is 46.3 Å². The molecule has 1 fully saturated rings. The van der Waals surface area contributed by atoms with Crippen molar-refractivity contribution in [1.82, 2.24) is 4.90 Å². The van der Waals surface area contributed by atoms with Gasteiger partial charge in [-0.05, 0) is 61.2 Å². The molecular weight excluding hydrogens is 311 g/mol. The molecular formula is C14H18BrFN2O. The van der Waals surface area contributed by atoms with Gasteiger partial charge in [0.2, 0.25) is 0 Å². The highest BCUT2D eigenvalue weighted by atomic mass is 79.9. The summed E-state index contributed by atoms with van der Waals surface area (Å²) in [6.45, 7) is 4.10. The van der Waals surface area contributed by atoms with Crippen molar-refractivity contribution in [2.45, 2.75) is 45.2 Å². The summed E-state index contributed by atoms with van der Waals surface area (Å²) in [6.07, 6.45) is 3.15. The number of halogens is 2. The fourth-order valence-electron chi connectivity index (χ4n) is 2.69. The molecule has 2 atom stereocenters. The average molecular weight is 329 g/mol. The smallest absolute Gasteiger partial charge is 0.255 e. The van der Waals surface area contributed by atoms with Crippen LogP contribution in [0.25, 0.3) is 0 Å². The lowest BCUT2D eigenvalue weighted by Gasteiger charge is -2.39. The second kappa shape index (κ2) is 5.49. The van der Waals surface area contributed by atoms with Crippen LogP contribution in [0.4, 0.5) is 10.1 Å². The Morgan fingerprint density at radius 3 is 2.53 bits per heavy atom. The van der Waals surface area contributed by atoms with Crippen molar-refractivity contribution in [1.29, 1.82) is 0 Å². The fraction of sp³-hybridized carbons (Fsp3) is 0.500. The van der Waals surface area contributed by atoms with Crippen LogP contribution in [0.15, 0.2) is 16.6 Å². The highest BCUT2D eigenvalue weighted by Crippen LogP contribution is 2.29. The van der Waals surface area contributed by atoms with Gasteiger partial charge in [-0.15, -0.1) is 0 Å². The molecule has 0 radical (unpaired) electrons. The molecule has 0 aromatic heterocycles. The fourth-order valence-corrected chi connectivity index (χ4v) is 3.18. The first-order valence-corrected chi connectivity index (χ1v) is 7.28. The van der Waals surface area contributed by atoms with Crippen LogP contribution in [0.3, 0.4) is 0 Å². The number of nitrogens with two attached hydrogens (primary N) is 1. The first kappa shape index (κ1) is 14.3. The zero-order chi connectivity index (χ0) is 14.2. The minimum absolute atomic E-state index is 0.00358. The molecule has 1 aromatic carbocycles. The van der Waals surface area contributed by atoms with Gasteiger partial charge in [0.1, 0.15) is 5.82 Å². The van der Waals surface area contributed by atoms with E-state index in [0.717, 1.165) is 19.3 Å². The minimum atomic E-state index is -0.511. The first-order chi connectivity index (χ1) is 8.91. The second-order valence-electron chi connectivity index (χ2n) is 5.19. The van der Waals surface area contributed by atoms with Gasteiger partial charge < -0.3 is 10.6 Å². The number of amides is 1. The largest absolute Gasteiger partial charge is 0.396 e. The first-order valence-electron chi connectivity index (χ1n) is 6.49. The molecule has 3 nitrogen and oxygen atoms in total. The number of carbonyl (C=O) groups is 1. The van der Waals surface area contributed by atoms with Crippen LogP contribution in [0.5, 0.6) is 0 Å². The summed E-state index contributed by atoms with van der Waals surface area (Å²) in [5, 5.41) is 0. The molecule has 1 aliphatic rings. The van der Waals surface area contributed by atoms with Crippen LogP contribution in [-0.2, 0) is 0 Å². The van der Waals surface area contributed by atoms with Gasteiger partial charge in [-0.25, -0.2) is 4.39 Å². The second-order valence-corrected chi connectivity index (χ2v) is 6.05. The Morgan fingerprint density at radius 1 is 1.37 bits per heavy atom. The van der Waals surface area contributed by atoms with Gasteiger partial charge in [-0.3, -0.25) is 4.79 Å². The summed E-state index contributed by atoms with van der Waals surface area (Å²) in [7, 11) is 0. The average Bonchev–Trinajstić information content (AvgIpc) is 2.33. The van der Waals surface area contributed by atoms with Gasteiger partial charge >= 0.3 is 0 Å². The number of nitrogens with zero attached hydrogens (tertiary/aromatic N) is 1. The van der Waals surface area contributed by atoms with Crippen molar-refractivity contribution >= 4 is 27.5 Å². The van der Waals surface area contributed by atoms with Crippen LogP contribution < -0.4 is 5.73 Å². The van der Waals surface area contributed by atoms with Crippen molar-refractivity contribution < 1.29 is 9.18 Å². The standard InChI is InChI=1S/C14H18BrFN2O/c1-8-4-3-5-9(2)18(8)14(19)10-6-13(17)12(16)7-11(10)15/h6-9H,3-5,17H2,1-2H3. The Morgan fingerprint density at radius 2 is 1.95 bits per heavy atom. The number of piperidine rings is 1. The van der Waals surface area contributed by atoms with E-state index in [1.165, 1.54) is 12.1 Å². The van der Waals surface area contributed by atoms with Crippen molar-refractivity contribution in [2.24, 2.45) is 0 Å². The quantitative estimate of drug-likeness (QED) is 0.801. The lowest BCUT2D eigenvalue weighted by molar-refractivity contribution is 0.0510. The molecule has 2 N–H and O–H groups in total. The SMILES string of the molecule is CC1CCCC(C)N1C(=O)c1cc(N)c(F)cc1Br. The van der Waals surface area contributed by atoms with Crippen LogP contribution in [0.1, 0.15) is 43.5 Å². The van der Waals surface area contributed by atoms with E-state index < -0.39 is 5.82 Å². The van der Waals surface area contributed by atoms with E-state index in [0.29, 0.717) is 10.0 Å². The van der Waals surface area contributed by atoms with Crippen LogP contribution in [-0.4, -0.2) is 22.9 Å². The lowest BCUT2D eigenvalue weighted by atomic mass is 9.96. The third kappa shape index (κ3) is 2.76. The molecule has 2 unspecified atom stereocenters. The van der Waals surface area contributed by atoms with E-state index in [1.54, 1.807) is 0 Å². The van der Waals surface area contributed by atoms with Crippen molar-refractivity contribution in [3.63, 3.8) is 0 Å². The molecule has 1 amide bonds. The molecule has 2 rings (SSSR count). The summed E-state index contributed by atoms with van der Waals surface area (Å²) >= 11 is 3.25. The molecule has 5 heteroatoms. The van der Waals surface area contributed by atoms with E-state index in [4.69, 9.17) is 5.73 Å². The van der Waals surface area contributed by atoms with Gasteiger partial charge in [0.15, 0.2) is 0 Å². The summed E-state index contributed by atoms with van der Waals surface area (Å²) in [6, 6.07) is 3.07. The molecule has 104 valence electrons. The predicted molar refractivity (Wildman–Crippen MR) is 77.5 cm³/mol. The van der Waals surface area contributed by atoms with Crippen LogP contribution in [0.2, 0.25) is 0 Å². The van der Waals surface area contributed by atoms with E-state index >= 15 is 0 Å². The Kier molecular flexibility index (Phi) is 4.13. The lowest BCUT2D eigenvalue weighted by Crippen LogP contribution is -2.47. The highest BCUT2D eigenvalue weighted by Gasteiger charge is 2.30. The van der Waals surface area contributed by atoms with E-state index in [-0.39, 0.29) is 23.7 Å². The van der Waals surface area contributed by atoms with Crippen molar-refractivity contribution in [3.05, 3.63) is 28.0 Å². The zero-order valence-corrected chi connectivity index (χ0v) is 12.7. The van der Waals surface area contributed by atoms with Gasteiger partial charge in [0, 0.05) is 16.6 Å². The number of nitrogen functional groups attached to an aromatic ring is 1. The van der Waals surface area contributed by atoms with Crippen LogP contribution in [0, 0.1) is 5.82 Å². The number of carbonyl (C=O) groups excluding carboxylic acids is 1. The summed E-state index contributed by atoms with van der Waals surface area (Å²) in [4.78, 5) is 14.5. The number of hydrogen-bond acceptors (Lipinski definition) is 2. The summed E-state index contributed by atoms with van der Waals surface area (Å²) < 4.78 is 13.8. The van der Waals surface area contributed by atoms with Crippen LogP contribution >= 0.6 is 15.9 Å². The molecule has 1 heterocycles. The number of hydrogen-bond donors (Lipinski definition) is 1. The third-order valence-corrected chi connectivity index (χ3v) is 4.40. The van der Waals surface area contributed by atoms with Gasteiger partial charge in [-0.1, -0.05) is 0 Å². The summed E-state index contributed by atoms with van der Waals surface area (Å²) in [5.74, 6) is -0.596. The molecule has 1 aliphatic heterocycles. The molecule has 19 heavy (non-hydrogen) atoms. The molecule has 1 aromatic rings. The number of benzene rings is 1. The monoisotopic (exact) mass is 328 g/mol. The number of likely N-dealkylation sites (tertiary alicyclic amines) is 1. The maximum Gasteiger partial charge on any atom is 0.255 e. The van der Waals surface area contributed by atoms with E-state index in [2.05, 4.69) is 15.9 Å². The molecule has 1 saturated heterocycles. The zero-order valence-electron chi connectivity index (χ0n) is 11.1. The molecule has 0 saturated carbocycles. The Balaban J connectivity index is 2.35. The number of anilines is 1. The maximum atomic E-state index is 13.3. The Labute approximate surface area is 121 Å². The minimum Gasteiger partial charge on any atom is -0.396 e. The Bertz CT molecular complexity index is 496. The normalized spacial score (nSPS) is 23.5. The molecule has 0 aliphatic carbocycles. The summed E-state index contributed by atoms with van der Waals surface area (Å²) in [5.41, 5.74) is 5.99. The van der Waals surface area contributed by atoms with Crippen molar-refractivity contribution in [2.75, 3.05) is 5.73 Å². The maximum absolute atomic E-state index is 13.3. The highest BCUT2D eigenvalue weighted by molar-refractivity contribution is 9.10. The van der Waals surface area contributed by atoms with E-state index in [9.17, 15) is 9.18 Å². The van der Waals surface area contributed by atoms with Crippen molar-refractivity contribution in [3.8, 4) is 0 Å². The molecule has 0 spiro atoms. The van der Waals surface area contributed by atoms with Gasteiger partial charge in [0.05, 0.1) is 11.3 Å². The number of rotatable bonds is 1. The predicted octanol–water partition coefficient (Wildman–Crippen LogP) is 3.57. The van der Waals surface area contributed by atoms with Gasteiger partial charge in [-0.2, -0.15) is 0 Å². The Hall–Kier alpha value is -1.10. The van der Waals surface area contributed by atoms with E-state index in [1.807, 2.05) is 18.7 Å².